The van der Waals surface area contributed by atoms with Crippen LogP contribution in [0, 0.1) is 5.92 Å². The van der Waals surface area contributed by atoms with Gasteiger partial charge in [0.2, 0.25) is 0 Å². The first-order valence-electron chi connectivity index (χ1n) is 7.18. The van der Waals surface area contributed by atoms with E-state index >= 15 is 0 Å². The van der Waals surface area contributed by atoms with Crippen molar-refractivity contribution in [3.05, 3.63) is 48.0 Å². The summed E-state index contributed by atoms with van der Waals surface area (Å²) < 4.78 is 0. The number of rotatable bonds is 4. The van der Waals surface area contributed by atoms with Gasteiger partial charge < -0.3 is 5.32 Å². The Morgan fingerprint density at radius 2 is 1.79 bits per heavy atom. The zero-order chi connectivity index (χ0) is 12.9. The second-order valence-electron chi connectivity index (χ2n) is 5.37. The van der Waals surface area contributed by atoms with E-state index in [1.807, 2.05) is 0 Å². The largest absolute Gasteiger partial charge is 0.312 e. The molecule has 1 nitrogen and oxygen atoms in total. The highest BCUT2D eigenvalue weighted by Crippen LogP contribution is 2.22. The van der Waals surface area contributed by atoms with Gasteiger partial charge in [0, 0.05) is 6.54 Å². The molecule has 1 fully saturated rings. The van der Waals surface area contributed by atoms with Gasteiger partial charge in [0.15, 0.2) is 0 Å². The fourth-order valence-corrected chi connectivity index (χ4v) is 3.92. The van der Waals surface area contributed by atoms with Crippen LogP contribution in [0.1, 0.15) is 18.4 Å². The number of thioether (sulfide) groups is 1. The van der Waals surface area contributed by atoms with Crippen molar-refractivity contribution < 1.29 is 0 Å². The molecule has 0 aromatic heterocycles. The Morgan fingerprint density at radius 1 is 1.00 bits per heavy atom. The summed E-state index contributed by atoms with van der Waals surface area (Å²) in [5.74, 6) is 3.59. The van der Waals surface area contributed by atoms with Gasteiger partial charge in [-0.25, -0.2) is 0 Å². The molecule has 3 rings (SSSR count). The van der Waals surface area contributed by atoms with Crippen LogP contribution in [0.15, 0.2) is 42.5 Å². The smallest absolute Gasteiger partial charge is 0.0205 e. The van der Waals surface area contributed by atoms with Crippen molar-refractivity contribution in [2.24, 2.45) is 5.92 Å². The van der Waals surface area contributed by atoms with Crippen molar-refractivity contribution in [2.45, 2.75) is 19.4 Å². The monoisotopic (exact) mass is 271 g/mol. The summed E-state index contributed by atoms with van der Waals surface area (Å²) in [7, 11) is 0. The predicted octanol–water partition coefficient (Wildman–Crippen LogP) is 4.07. The zero-order valence-electron chi connectivity index (χ0n) is 11.3. The Balaban J connectivity index is 1.56. The fourth-order valence-electron chi connectivity index (χ4n) is 2.72. The minimum atomic E-state index is 0.890. The van der Waals surface area contributed by atoms with Crippen molar-refractivity contribution in [3.8, 4) is 0 Å². The third-order valence-electron chi connectivity index (χ3n) is 3.92. The van der Waals surface area contributed by atoms with Gasteiger partial charge in [0.1, 0.15) is 0 Å². The summed E-state index contributed by atoms with van der Waals surface area (Å²) in [5, 5.41) is 6.30. The van der Waals surface area contributed by atoms with Crippen molar-refractivity contribution >= 4 is 22.5 Å². The van der Waals surface area contributed by atoms with Crippen molar-refractivity contribution in [3.63, 3.8) is 0 Å². The molecule has 0 aliphatic carbocycles. The summed E-state index contributed by atoms with van der Waals surface area (Å²) in [4.78, 5) is 0. The molecule has 0 saturated carbocycles. The molecular weight excluding hydrogens is 250 g/mol. The molecule has 1 aliphatic heterocycles. The summed E-state index contributed by atoms with van der Waals surface area (Å²) in [6.07, 6.45) is 2.77. The van der Waals surface area contributed by atoms with Gasteiger partial charge >= 0.3 is 0 Å². The van der Waals surface area contributed by atoms with E-state index in [9.17, 15) is 0 Å². The zero-order valence-corrected chi connectivity index (χ0v) is 12.1. The normalized spacial score (nSPS) is 16.8. The molecule has 0 radical (unpaired) electrons. The van der Waals surface area contributed by atoms with Crippen LogP contribution in [0.2, 0.25) is 0 Å². The van der Waals surface area contributed by atoms with E-state index in [-0.39, 0.29) is 0 Å². The molecule has 2 aromatic carbocycles. The second-order valence-corrected chi connectivity index (χ2v) is 6.59. The molecule has 0 atom stereocenters. The van der Waals surface area contributed by atoms with Crippen molar-refractivity contribution in [2.75, 3.05) is 18.1 Å². The van der Waals surface area contributed by atoms with E-state index in [4.69, 9.17) is 0 Å². The number of hydrogen-bond donors (Lipinski definition) is 1. The standard InChI is InChI=1S/C17H21NS/c1-2-4-17-11-15(5-6-16(17)3-1)13-18-12-14-7-9-19-10-8-14/h1-6,11,14,18H,7-10,12-13H2. The average Bonchev–Trinajstić information content (AvgIpc) is 2.48. The molecule has 100 valence electrons. The van der Waals surface area contributed by atoms with E-state index in [2.05, 4.69) is 59.5 Å². The van der Waals surface area contributed by atoms with Crippen LogP contribution in [-0.2, 0) is 6.54 Å². The third-order valence-corrected chi connectivity index (χ3v) is 4.97. The number of nitrogens with one attached hydrogen (secondary N) is 1. The molecule has 0 unspecified atom stereocenters. The van der Waals surface area contributed by atoms with Crippen molar-refractivity contribution in [1.82, 2.24) is 5.32 Å². The van der Waals surface area contributed by atoms with Crippen LogP contribution in [0.4, 0.5) is 0 Å². The lowest BCUT2D eigenvalue weighted by Crippen LogP contribution is -2.25. The van der Waals surface area contributed by atoms with Gasteiger partial charge in [-0.1, -0.05) is 36.4 Å². The molecule has 0 spiro atoms. The maximum Gasteiger partial charge on any atom is 0.0205 e. The summed E-state index contributed by atoms with van der Waals surface area (Å²) in [5.41, 5.74) is 1.39. The quantitative estimate of drug-likeness (QED) is 0.899. The molecular formula is C17H21NS. The topological polar surface area (TPSA) is 12.0 Å². The highest BCUT2D eigenvalue weighted by Gasteiger charge is 2.12. The van der Waals surface area contributed by atoms with E-state index in [1.165, 1.54) is 47.2 Å². The van der Waals surface area contributed by atoms with E-state index in [1.54, 1.807) is 0 Å². The van der Waals surface area contributed by atoms with Crippen LogP contribution in [0.5, 0.6) is 0 Å². The average molecular weight is 271 g/mol. The third kappa shape index (κ3) is 3.52. The van der Waals surface area contributed by atoms with Crippen molar-refractivity contribution in [1.29, 1.82) is 0 Å². The minimum absolute atomic E-state index is 0.890. The Bertz CT molecular complexity index is 532. The fraction of sp³-hybridized carbons (Fsp3) is 0.412. The summed E-state index contributed by atoms with van der Waals surface area (Å²) >= 11 is 2.10. The van der Waals surface area contributed by atoms with Gasteiger partial charge in [-0.3, -0.25) is 0 Å². The van der Waals surface area contributed by atoms with Gasteiger partial charge in [0.25, 0.3) is 0 Å². The molecule has 2 aromatic rings. The first-order valence-corrected chi connectivity index (χ1v) is 8.33. The predicted molar refractivity (Wildman–Crippen MR) is 85.7 cm³/mol. The lowest BCUT2D eigenvalue weighted by molar-refractivity contribution is 0.448. The Kier molecular flexibility index (Phi) is 4.41. The molecule has 2 heteroatoms. The van der Waals surface area contributed by atoms with Crippen LogP contribution in [0.25, 0.3) is 10.8 Å². The van der Waals surface area contributed by atoms with Crippen LogP contribution < -0.4 is 5.32 Å². The molecule has 19 heavy (non-hydrogen) atoms. The molecule has 1 saturated heterocycles. The summed E-state index contributed by atoms with van der Waals surface area (Å²) in [6.45, 7) is 2.17. The highest BCUT2D eigenvalue weighted by atomic mass is 32.2. The maximum atomic E-state index is 3.63. The number of fused-ring (bicyclic) bond motifs is 1. The van der Waals surface area contributed by atoms with Gasteiger partial charge in [-0.2, -0.15) is 11.8 Å². The maximum absolute atomic E-state index is 3.63. The van der Waals surface area contributed by atoms with Crippen LogP contribution >= 0.6 is 11.8 Å². The molecule has 0 amide bonds. The first-order chi connectivity index (χ1) is 9.42. The van der Waals surface area contributed by atoms with Crippen LogP contribution in [0.3, 0.4) is 0 Å². The van der Waals surface area contributed by atoms with E-state index in [0.29, 0.717) is 0 Å². The SMILES string of the molecule is c1ccc2cc(CNCC3CCSCC3)ccc2c1. The molecule has 1 aliphatic rings. The lowest BCUT2D eigenvalue weighted by Gasteiger charge is -2.21. The number of benzene rings is 2. The molecule has 1 heterocycles. The lowest BCUT2D eigenvalue weighted by atomic mass is 10.0. The van der Waals surface area contributed by atoms with Crippen LogP contribution in [-0.4, -0.2) is 18.1 Å². The van der Waals surface area contributed by atoms with Gasteiger partial charge in [-0.05, 0) is 59.2 Å². The minimum Gasteiger partial charge on any atom is -0.312 e. The van der Waals surface area contributed by atoms with E-state index in [0.717, 1.165) is 12.5 Å². The summed E-state index contributed by atoms with van der Waals surface area (Å²) in [6, 6.07) is 15.3. The molecule has 1 N–H and O–H groups in total. The molecule has 0 bridgehead atoms. The Hall–Kier alpha value is -0.990. The number of hydrogen-bond acceptors (Lipinski definition) is 2. The second kappa shape index (κ2) is 6.44. The first kappa shape index (κ1) is 13.0. The Morgan fingerprint density at radius 3 is 2.63 bits per heavy atom. The van der Waals surface area contributed by atoms with Gasteiger partial charge in [0.05, 0.1) is 0 Å². The highest BCUT2D eigenvalue weighted by molar-refractivity contribution is 7.99. The van der Waals surface area contributed by atoms with E-state index < -0.39 is 0 Å². The Labute approximate surface area is 119 Å². The van der Waals surface area contributed by atoms with Gasteiger partial charge in [-0.15, -0.1) is 0 Å².